The van der Waals surface area contributed by atoms with Crippen molar-refractivity contribution in [1.29, 1.82) is 0 Å². The van der Waals surface area contributed by atoms with Crippen LogP contribution in [0.1, 0.15) is 12.8 Å². The molecule has 3 heterocycles. The van der Waals surface area contributed by atoms with Crippen LogP contribution >= 0.6 is 11.6 Å². The second-order valence-electron chi connectivity index (χ2n) is 6.67. The average molecular weight is 438 g/mol. The molecule has 1 saturated heterocycles. The van der Waals surface area contributed by atoms with Crippen molar-refractivity contribution in [1.82, 2.24) is 18.9 Å². The number of fused-ring (bicyclic) bond motifs is 1. The van der Waals surface area contributed by atoms with E-state index in [9.17, 15) is 17.6 Å². The maximum Gasteiger partial charge on any atom is 0.243 e. The molecular weight excluding hydrogens is 421 g/mol. The first-order valence-electron chi connectivity index (χ1n) is 8.91. The van der Waals surface area contributed by atoms with E-state index in [0.717, 1.165) is 12.1 Å². The number of aromatic nitrogens is 3. The molecule has 152 valence electrons. The molecule has 1 amide bonds. The van der Waals surface area contributed by atoms with Crippen molar-refractivity contribution in [2.45, 2.75) is 17.7 Å². The van der Waals surface area contributed by atoms with Crippen molar-refractivity contribution < 1.29 is 17.6 Å². The molecule has 0 aliphatic carbocycles. The van der Waals surface area contributed by atoms with Gasteiger partial charge in [0.2, 0.25) is 15.9 Å². The number of anilines is 1. The van der Waals surface area contributed by atoms with Crippen molar-refractivity contribution >= 4 is 39.0 Å². The highest BCUT2D eigenvalue weighted by molar-refractivity contribution is 7.89. The molecule has 8 nitrogen and oxygen atoms in total. The van der Waals surface area contributed by atoms with E-state index in [-0.39, 0.29) is 34.8 Å². The molecule has 0 spiro atoms. The molecule has 4 rings (SSSR count). The van der Waals surface area contributed by atoms with Gasteiger partial charge in [-0.15, -0.1) is 0 Å². The lowest BCUT2D eigenvalue weighted by Gasteiger charge is -2.30. The summed E-state index contributed by atoms with van der Waals surface area (Å²) in [7, 11) is -3.80. The minimum Gasteiger partial charge on any atom is -0.310 e. The molecule has 0 saturated carbocycles. The fraction of sp³-hybridized carbons (Fsp3) is 0.278. The second kappa shape index (κ2) is 7.69. The third-order valence-corrected chi connectivity index (χ3v) is 7.08. The van der Waals surface area contributed by atoms with Gasteiger partial charge in [0, 0.05) is 31.3 Å². The number of hydrogen-bond donors (Lipinski definition) is 1. The van der Waals surface area contributed by atoms with Crippen LogP contribution in [0, 0.1) is 11.7 Å². The summed E-state index contributed by atoms with van der Waals surface area (Å²) in [4.78, 5) is 16.7. The summed E-state index contributed by atoms with van der Waals surface area (Å²) in [5.41, 5.74) is 0.613. The van der Waals surface area contributed by atoms with Gasteiger partial charge in [-0.25, -0.2) is 17.8 Å². The highest BCUT2D eigenvalue weighted by Gasteiger charge is 2.32. The largest absolute Gasteiger partial charge is 0.310 e. The average Bonchev–Trinajstić information content (AvgIpc) is 3.20. The molecule has 0 radical (unpaired) electrons. The van der Waals surface area contributed by atoms with Gasteiger partial charge in [0.05, 0.1) is 16.1 Å². The number of amides is 1. The number of halogens is 2. The Kier molecular flexibility index (Phi) is 5.24. The lowest BCUT2D eigenvalue weighted by atomic mass is 9.97. The second-order valence-corrected chi connectivity index (χ2v) is 9.02. The highest BCUT2D eigenvalue weighted by Crippen LogP contribution is 2.27. The zero-order chi connectivity index (χ0) is 20.6. The molecule has 1 fully saturated rings. The lowest BCUT2D eigenvalue weighted by Crippen LogP contribution is -2.41. The number of hydrogen-bond acceptors (Lipinski definition) is 5. The summed E-state index contributed by atoms with van der Waals surface area (Å²) in [5, 5.41) is 6.71. The maximum absolute atomic E-state index is 13.3. The zero-order valence-corrected chi connectivity index (χ0v) is 16.7. The summed E-state index contributed by atoms with van der Waals surface area (Å²) in [6, 6.07) is 6.69. The molecule has 1 aromatic carbocycles. The number of benzene rings is 1. The predicted octanol–water partition coefficient (Wildman–Crippen LogP) is 2.56. The van der Waals surface area contributed by atoms with Crippen molar-refractivity contribution in [3.63, 3.8) is 0 Å². The number of nitrogens with one attached hydrogen (secondary N) is 1. The molecule has 0 bridgehead atoms. The zero-order valence-electron chi connectivity index (χ0n) is 15.1. The Labute approximate surface area is 171 Å². The van der Waals surface area contributed by atoms with E-state index >= 15 is 0 Å². The van der Waals surface area contributed by atoms with Crippen molar-refractivity contribution in [3.05, 3.63) is 53.6 Å². The van der Waals surface area contributed by atoms with E-state index in [2.05, 4.69) is 15.4 Å². The van der Waals surface area contributed by atoms with E-state index < -0.39 is 15.8 Å². The van der Waals surface area contributed by atoms with E-state index in [1.807, 2.05) is 0 Å². The van der Waals surface area contributed by atoms with Crippen LogP contribution in [0.2, 0.25) is 5.02 Å². The molecule has 11 heteroatoms. The number of sulfonamides is 1. The summed E-state index contributed by atoms with van der Waals surface area (Å²) < 4.78 is 41.7. The fourth-order valence-electron chi connectivity index (χ4n) is 3.30. The van der Waals surface area contributed by atoms with Crippen LogP contribution in [0.5, 0.6) is 0 Å². The van der Waals surface area contributed by atoms with Crippen LogP contribution < -0.4 is 5.32 Å². The number of piperidine rings is 1. The molecule has 2 aromatic heterocycles. The monoisotopic (exact) mass is 437 g/mol. The van der Waals surface area contributed by atoms with Crippen LogP contribution in [0.3, 0.4) is 0 Å². The molecule has 0 unspecified atom stereocenters. The summed E-state index contributed by atoms with van der Waals surface area (Å²) >= 11 is 5.71. The van der Waals surface area contributed by atoms with Gasteiger partial charge in [-0.05, 0) is 37.1 Å². The number of carbonyl (C=O) groups is 1. The van der Waals surface area contributed by atoms with E-state index in [1.54, 1.807) is 24.5 Å². The summed E-state index contributed by atoms with van der Waals surface area (Å²) in [6.07, 6.45) is 3.90. The van der Waals surface area contributed by atoms with Crippen molar-refractivity contribution in [2.24, 2.45) is 5.92 Å². The fourth-order valence-corrected chi connectivity index (χ4v) is 5.04. The first-order chi connectivity index (χ1) is 13.9. The number of rotatable bonds is 4. The Hall–Kier alpha value is -2.56. The molecule has 0 atom stereocenters. The Balaban J connectivity index is 1.43. The lowest BCUT2D eigenvalue weighted by molar-refractivity contribution is -0.120. The van der Waals surface area contributed by atoms with Crippen LogP contribution in [0.25, 0.3) is 5.65 Å². The van der Waals surface area contributed by atoms with E-state index in [4.69, 9.17) is 11.6 Å². The topological polar surface area (TPSA) is 96.7 Å². The molecule has 1 aliphatic heterocycles. The Morgan fingerprint density at radius 1 is 1.17 bits per heavy atom. The number of carbonyl (C=O) groups excluding carboxylic acids is 1. The molecule has 29 heavy (non-hydrogen) atoms. The van der Waals surface area contributed by atoms with Gasteiger partial charge in [0.25, 0.3) is 0 Å². The standard InChI is InChI=1S/C18H17ClFN5O3S/c19-14-11-13(1-2-15(14)20)29(27,28)24-9-5-12(6-10-24)18(26)23-17-3-7-21-16-4-8-22-25(16)17/h1-4,7-8,11-12H,5-6,9-10H2,(H,23,26). The normalized spacial score (nSPS) is 16.2. The third-order valence-electron chi connectivity index (χ3n) is 4.89. The minimum atomic E-state index is -3.80. The first-order valence-corrected chi connectivity index (χ1v) is 10.7. The van der Waals surface area contributed by atoms with Gasteiger partial charge >= 0.3 is 0 Å². The molecule has 1 aliphatic rings. The minimum absolute atomic E-state index is 0.0651. The number of nitrogens with zero attached hydrogens (tertiary/aromatic N) is 4. The molecule has 1 N–H and O–H groups in total. The van der Waals surface area contributed by atoms with Crippen molar-refractivity contribution in [3.8, 4) is 0 Å². The van der Waals surface area contributed by atoms with Crippen LogP contribution in [-0.4, -0.2) is 46.3 Å². The Morgan fingerprint density at radius 3 is 2.66 bits per heavy atom. The summed E-state index contributed by atoms with van der Waals surface area (Å²) in [6.45, 7) is 0.367. The van der Waals surface area contributed by atoms with Gasteiger partial charge in [0.1, 0.15) is 11.6 Å². The van der Waals surface area contributed by atoms with E-state index in [1.165, 1.54) is 14.9 Å². The first kappa shape index (κ1) is 19.7. The van der Waals surface area contributed by atoms with Gasteiger partial charge in [0.15, 0.2) is 5.65 Å². The summed E-state index contributed by atoms with van der Waals surface area (Å²) in [5.74, 6) is -0.712. The SMILES string of the molecule is O=C(Nc1ccnc2ccnn12)C1CCN(S(=O)(=O)c2ccc(F)c(Cl)c2)CC1. The Bertz CT molecular complexity index is 1180. The van der Waals surface area contributed by atoms with Crippen LogP contribution in [-0.2, 0) is 14.8 Å². The molecule has 3 aromatic rings. The smallest absolute Gasteiger partial charge is 0.243 e. The van der Waals surface area contributed by atoms with Gasteiger partial charge in [-0.1, -0.05) is 11.6 Å². The van der Waals surface area contributed by atoms with Crippen LogP contribution in [0.15, 0.2) is 47.6 Å². The van der Waals surface area contributed by atoms with Gasteiger partial charge in [-0.3, -0.25) is 4.79 Å². The van der Waals surface area contributed by atoms with Crippen LogP contribution in [0.4, 0.5) is 10.2 Å². The van der Waals surface area contributed by atoms with Gasteiger partial charge < -0.3 is 5.32 Å². The van der Waals surface area contributed by atoms with E-state index in [0.29, 0.717) is 24.3 Å². The van der Waals surface area contributed by atoms with Gasteiger partial charge in [-0.2, -0.15) is 13.9 Å². The third kappa shape index (κ3) is 3.83. The Morgan fingerprint density at radius 2 is 1.93 bits per heavy atom. The maximum atomic E-state index is 13.3. The van der Waals surface area contributed by atoms with Crippen molar-refractivity contribution in [2.75, 3.05) is 18.4 Å². The molecular formula is C18H17ClFN5O3S. The quantitative estimate of drug-likeness (QED) is 0.676. The highest BCUT2D eigenvalue weighted by atomic mass is 35.5. The predicted molar refractivity (Wildman–Crippen MR) is 105 cm³/mol.